The molecule has 2 aromatic carbocycles. The average Bonchev–Trinajstić information content (AvgIpc) is 2.46. The molecule has 0 aliphatic heterocycles. The third kappa shape index (κ3) is 3.76. The minimum absolute atomic E-state index is 0.435. The molecule has 3 N–H and O–H groups in total. The van der Waals surface area contributed by atoms with Crippen LogP contribution in [0.1, 0.15) is 17.2 Å². The number of anilines is 1. The maximum atomic E-state index is 11.8. The van der Waals surface area contributed by atoms with Crippen molar-refractivity contribution in [2.24, 2.45) is 5.73 Å². The molecular weight excluding hydrogens is 332 g/mol. The molecule has 4 nitrogen and oxygen atoms in total. The van der Waals surface area contributed by atoms with Gasteiger partial charge in [-0.3, -0.25) is 4.79 Å². The summed E-state index contributed by atoms with van der Waals surface area (Å²) in [5, 5.41) is 3.15. The van der Waals surface area contributed by atoms with E-state index >= 15 is 0 Å². The van der Waals surface area contributed by atoms with Crippen LogP contribution in [0.5, 0.6) is 5.75 Å². The van der Waals surface area contributed by atoms with Gasteiger partial charge in [-0.25, -0.2) is 0 Å². The molecule has 0 aliphatic carbocycles. The number of aryl methyl sites for hydroxylation is 1. The van der Waals surface area contributed by atoms with Gasteiger partial charge in [-0.05, 0) is 48.4 Å². The van der Waals surface area contributed by atoms with Crippen LogP contribution in [0.15, 0.2) is 46.9 Å². The summed E-state index contributed by atoms with van der Waals surface area (Å²) in [6.07, 6.45) is 0. The van der Waals surface area contributed by atoms with Crippen LogP contribution >= 0.6 is 15.9 Å². The molecule has 21 heavy (non-hydrogen) atoms. The Morgan fingerprint density at radius 1 is 1.24 bits per heavy atom. The summed E-state index contributed by atoms with van der Waals surface area (Å²) in [6, 6.07) is 12.5. The van der Waals surface area contributed by atoms with Crippen molar-refractivity contribution in [1.82, 2.24) is 0 Å². The van der Waals surface area contributed by atoms with E-state index in [1.54, 1.807) is 7.11 Å². The molecule has 0 fully saturated rings. The largest absolute Gasteiger partial charge is 0.497 e. The van der Waals surface area contributed by atoms with E-state index in [2.05, 4.69) is 21.2 Å². The molecule has 1 atom stereocenters. The smallest absolute Gasteiger partial charge is 0.244 e. The first-order valence-electron chi connectivity index (χ1n) is 6.47. The molecular formula is C16H17BrN2O2. The minimum Gasteiger partial charge on any atom is -0.497 e. The number of rotatable bonds is 5. The van der Waals surface area contributed by atoms with Crippen LogP contribution in [0.25, 0.3) is 0 Å². The first kappa shape index (κ1) is 15.4. The van der Waals surface area contributed by atoms with Crippen LogP contribution < -0.4 is 15.8 Å². The van der Waals surface area contributed by atoms with Gasteiger partial charge < -0.3 is 15.8 Å². The van der Waals surface area contributed by atoms with E-state index in [4.69, 9.17) is 10.5 Å². The van der Waals surface area contributed by atoms with Crippen LogP contribution in [0, 0.1) is 6.92 Å². The molecule has 0 aliphatic rings. The fourth-order valence-electron chi connectivity index (χ4n) is 2.02. The quantitative estimate of drug-likeness (QED) is 0.870. The highest BCUT2D eigenvalue weighted by Crippen LogP contribution is 2.28. The Balaban J connectivity index is 2.28. The summed E-state index contributed by atoms with van der Waals surface area (Å²) in [5.74, 6) is 0.322. The molecule has 110 valence electrons. The molecule has 0 aromatic heterocycles. The number of nitrogens with one attached hydrogen (secondary N) is 1. The monoisotopic (exact) mass is 348 g/mol. The van der Waals surface area contributed by atoms with Crippen molar-refractivity contribution < 1.29 is 9.53 Å². The average molecular weight is 349 g/mol. The lowest BCUT2D eigenvalue weighted by Gasteiger charge is -2.19. The number of ether oxygens (including phenoxy) is 1. The third-order valence-electron chi connectivity index (χ3n) is 3.15. The molecule has 0 bridgehead atoms. The van der Waals surface area contributed by atoms with Crippen molar-refractivity contribution in [2.45, 2.75) is 13.0 Å². The minimum atomic E-state index is -0.603. The van der Waals surface area contributed by atoms with Crippen molar-refractivity contribution in [2.75, 3.05) is 12.4 Å². The molecule has 2 aromatic rings. The van der Waals surface area contributed by atoms with E-state index in [1.807, 2.05) is 49.4 Å². The predicted molar refractivity (Wildman–Crippen MR) is 87.4 cm³/mol. The number of nitrogens with two attached hydrogens (primary N) is 1. The van der Waals surface area contributed by atoms with Gasteiger partial charge in [0.1, 0.15) is 11.8 Å². The lowest BCUT2D eigenvalue weighted by Crippen LogP contribution is -2.28. The van der Waals surface area contributed by atoms with Crippen LogP contribution in [-0.4, -0.2) is 13.0 Å². The van der Waals surface area contributed by atoms with E-state index in [1.165, 1.54) is 0 Å². The topological polar surface area (TPSA) is 64.3 Å². The number of hydrogen-bond donors (Lipinski definition) is 2. The zero-order valence-electron chi connectivity index (χ0n) is 11.9. The Kier molecular flexibility index (Phi) is 4.85. The Bertz CT molecular complexity index is 641. The number of carbonyl (C=O) groups is 1. The fourth-order valence-corrected chi connectivity index (χ4v) is 2.74. The van der Waals surface area contributed by atoms with E-state index in [-0.39, 0.29) is 0 Å². The van der Waals surface area contributed by atoms with Gasteiger partial charge in [0.05, 0.1) is 7.11 Å². The highest BCUT2D eigenvalue weighted by atomic mass is 79.9. The summed E-state index contributed by atoms with van der Waals surface area (Å²) in [7, 11) is 1.61. The van der Waals surface area contributed by atoms with E-state index in [0.29, 0.717) is 0 Å². The summed E-state index contributed by atoms with van der Waals surface area (Å²) >= 11 is 3.48. The van der Waals surface area contributed by atoms with Crippen molar-refractivity contribution in [1.29, 1.82) is 0 Å². The van der Waals surface area contributed by atoms with Crippen molar-refractivity contribution >= 4 is 27.5 Å². The van der Waals surface area contributed by atoms with Gasteiger partial charge in [0.25, 0.3) is 0 Å². The zero-order valence-corrected chi connectivity index (χ0v) is 13.5. The second-order valence-corrected chi connectivity index (χ2v) is 5.59. The van der Waals surface area contributed by atoms with Crippen LogP contribution in [-0.2, 0) is 4.79 Å². The number of methoxy groups -OCH3 is 1. The lowest BCUT2D eigenvalue weighted by atomic mass is 10.0. The molecule has 0 radical (unpaired) electrons. The molecule has 5 heteroatoms. The van der Waals surface area contributed by atoms with Gasteiger partial charge in [-0.15, -0.1) is 0 Å². The molecule has 1 unspecified atom stereocenters. The first-order valence-corrected chi connectivity index (χ1v) is 7.26. The number of halogens is 1. The Hall–Kier alpha value is -2.01. The standard InChI is InChI=1S/C16H17BrN2O2/c1-10-3-8-13(14(17)9-10)15(16(18)20)19-11-4-6-12(21-2)7-5-11/h3-9,15,19H,1-2H3,(H2,18,20). The summed E-state index contributed by atoms with van der Waals surface area (Å²) < 4.78 is 5.97. The zero-order chi connectivity index (χ0) is 15.4. The van der Waals surface area contributed by atoms with Crippen LogP contribution in [0.3, 0.4) is 0 Å². The van der Waals surface area contributed by atoms with Gasteiger partial charge in [0.2, 0.25) is 5.91 Å². The second-order valence-electron chi connectivity index (χ2n) is 4.73. The van der Waals surface area contributed by atoms with E-state index in [0.717, 1.165) is 27.0 Å². The van der Waals surface area contributed by atoms with Gasteiger partial charge in [0.15, 0.2) is 0 Å². The molecule has 0 saturated heterocycles. The number of primary amides is 1. The molecule has 0 heterocycles. The van der Waals surface area contributed by atoms with Gasteiger partial charge in [-0.1, -0.05) is 28.1 Å². The summed E-state index contributed by atoms with van der Waals surface area (Å²) in [4.78, 5) is 11.8. The van der Waals surface area contributed by atoms with Crippen molar-refractivity contribution in [3.8, 4) is 5.75 Å². The molecule has 1 amide bonds. The summed E-state index contributed by atoms with van der Waals surface area (Å²) in [5.41, 5.74) is 8.25. The van der Waals surface area contributed by atoms with Gasteiger partial charge in [-0.2, -0.15) is 0 Å². The highest BCUT2D eigenvalue weighted by Gasteiger charge is 2.20. The summed E-state index contributed by atoms with van der Waals surface area (Å²) in [6.45, 7) is 1.99. The van der Waals surface area contributed by atoms with E-state index < -0.39 is 11.9 Å². The van der Waals surface area contributed by atoms with Crippen LogP contribution in [0.2, 0.25) is 0 Å². The van der Waals surface area contributed by atoms with Gasteiger partial charge in [0, 0.05) is 10.2 Å². The lowest BCUT2D eigenvalue weighted by molar-refractivity contribution is -0.118. The Morgan fingerprint density at radius 2 is 1.90 bits per heavy atom. The maximum Gasteiger partial charge on any atom is 0.244 e. The van der Waals surface area contributed by atoms with Gasteiger partial charge >= 0.3 is 0 Å². The number of hydrogen-bond acceptors (Lipinski definition) is 3. The number of carbonyl (C=O) groups excluding carboxylic acids is 1. The molecule has 0 saturated carbocycles. The molecule has 2 rings (SSSR count). The molecule has 0 spiro atoms. The predicted octanol–water partition coefficient (Wildman–Crippen LogP) is 3.40. The second kappa shape index (κ2) is 6.63. The first-order chi connectivity index (χ1) is 10.0. The van der Waals surface area contributed by atoms with Crippen LogP contribution in [0.4, 0.5) is 5.69 Å². The van der Waals surface area contributed by atoms with Crippen molar-refractivity contribution in [3.05, 3.63) is 58.1 Å². The van der Waals surface area contributed by atoms with E-state index in [9.17, 15) is 4.79 Å². The SMILES string of the molecule is COc1ccc(NC(C(N)=O)c2ccc(C)cc2Br)cc1. The normalized spacial score (nSPS) is 11.8. The third-order valence-corrected chi connectivity index (χ3v) is 3.84. The number of amides is 1. The highest BCUT2D eigenvalue weighted by molar-refractivity contribution is 9.10. The number of benzene rings is 2. The fraction of sp³-hybridized carbons (Fsp3) is 0.188. The van der Waals surface area contributed by atoms with Crippen molar-refractivity contribution in [3.63, 3.8) is 0 Å². The Labute approximate surface area is 132 Å². The Morgan fingerprint density at radius 3 is 2.43 bits per heavy atom. The maximum absolute atomic E-state index is 11.8.